The molecular formula is C17H19N5O3S. The van der Waals surface area contributed by atoms with E-state index in [0.717, 1.165) is 36.8 Å². The number of rotatable bonds is 3. The standard InChI is InChI=1S/C17H19N5O3S/c1-21-13-8-5-6-12(11(13)10-18-21)19-16(23)15-14-7-3-4-9-22(14)17(20-15)26(2,24)25/h3-4,7,9-10,12H,5-6,8H2,1-2H3,(H,19,23). The van der Waals surface area contributed by atoms with Crippen molar-refractivity contribution in [3.8, 4) is 0 Å². The quantitative estimate of drug-likeness (QED) is 0.746. The lowest BCUT2D eigenvalue weighted by Gasteiger charge is -2.23. The van der Waals surface area contributed by atoms with Crippen molar-refractivity contribution in [3.63, 3.8) is 0 Å². The van der Waals surface area contributed by atoms with Gasteiger partial charge >= 0.3 is 0 Å². The second-order valence-electron chi connectivity index (χ2n) is 6.56. The molecule has 0 fully saturated rings. The summed E-state index contributed by atoms with van der Waals surface area (Å²) in [4.78, 5) is 17.0. The maximum Gasteiger partial charge on any atom is 0.272 e. The number of nitrogens with one attached hydrogen (secondary N) is 1. The van der Waals surface area contributed by atoms with Crippen molar-refractivity contribution in [1.29, 1.82) is 0 Å². The molecule has 0 bridgehead atoms. The van der Waals surface area contributed by atoms with Crippen LogP contribution in [-0.2, 0) is 23.3 Å². The Kier molecular flexibility index (Phi) is 3.83. The van der Waals surface area contributed by atoms with Crippen molar-refractivity contribution in [2.45, 2.75) is 30.5 Å². The summed E-state index contributed by atoms with van der Waals surface area (Å²) in [5.74, 6) is -0.384. The van der Waals surface area contributed by atoms with E-state index < -0.39 is 9.84 Å². The minimum Gasteiger partial charge on any atom is -0.344 e. The SMILES string of the molecule is Cn1ncc2c1CCCC2NC(=O)c1nc(S(C)(=O)=O)n2ccccc12. The van der Waals surface area contributed by atoms with E-state index in [0.29, 0.717) is 5.52 Å². The van der Waals surface area contributed by atoms with Gasteiger partial charge in [0.2, 0.25) is 15.0 Å². The van der Waals surface area contributed by atoms with Gasteiger partial charge in [0.05, 0.1) is 17.8 Å². The molecule has 0 aliphatic heterocycles. The highest BCUT2D eigenvalue weighted by Crippen LogP contribution is 2.29. The number of fused-ring (bicyclic) bond motifs is 2. The first-order valence-electron chi connectivity index (χ1n) is 8.35. The van der Waals surface area contributed by atoms with Crippen molar-refractivity contribution < 1.29 is 13.2 Å². The topological polar surface area (TPSA) is 98.4 Å². The molecule has 3 aromatic heterocycles. The molecule has 0 radical (unpaired) electrons. The highest BCUT2D eigenvalue weighted by atomic mass is 32.2. The maximum atomic E-state index is 12.9. The first-order chi connectivity index (χ1) is 12.4. The average molecular weight is 373 g/mol. The van der Waals surface area contributed by atoms with Crippen LogP contribution in [0, 0.1) is 0 Å². The van der Waals surface area contributed by atoms with Gasteiger partial charge in [0.15, 0.2) is 5.69 Å². The second kappa shape index (κ2) is 5.94. The molecule has 8 nitrogen and oxygen atoms in total. The number of carbonyl (C=O) groups is 1. The Morgan fingerprint density at radius 3 is 2.92 bits per heavy atom. The molecule has 0 saturated carbocycles. The molecule has 1 aliphatic carbocycles. The van der Waals surface area contributed by atoms with E-state index in [1.165, 1.54) is 4.40 Å². The number of sulfone groups is 1. The smallest absolute Gasteiger partial charge is 0.272 e. The predicted octanol–water partition coefficient (Wildman–Crippen LogP) is 1.28. The first-order valence-corrected chi connectivity index (χ1v) is 10.2. The summed E-state index contributed by atoms with van der Waals surface area (Å²) in [7, 11) is -1.67. The lowest BCUT2D eigenvalue weighted by molar-refractivity contribution is 0.0929. The van der Waals surface area contributed by atoms with Crippen LogP contribution in [0.5, 0.6) is 0 Å². The number of pyridine rings is 1. The molecule has 3 heterocycles. The fraction of sp³-hybridized carbons (Fsp3) is 0.353. The van der Waals surface area contributed by atoms with Gasteiger partial charge in [0, 0.05) is 30.8 Å². The van der Waals surface area contributed by atoms with Crippen LogP contribution in [-0.4, -0.2) is 39.7 Å². The number of hydrogen-bond acceptors (Lipinski definition) is 5. The van der Waals surface area contributed by atoms with Crippen molar-refractivity contribution in [3.05, 3.63) is 47.5 Å². The Labute approximate surface area is 150 Å². The summed E-state index contributed by atoms with van der Waals surface area (Å²) in [6.45, 7) is 0. The highest BCUT2D eigenvalue weighted by molar-refractivity contribution is 7.90. The van der Waals surface area contributed by atoms with Gasteiger partial charge in [-0.15, -0.1) is 0 Å². The molecule has 4 rings (SSSR count). The van der Waals surface area contributed by atoms with Gasteiger partial charge in [-0.1, -0.05) is 6.07 Å². The summed E-state index contributed by atoms with van der Waals surface area (Å²) in [6, 6.07) is 4.99. The third-order valence-electron chi connectivity index (χ3n) is 4.74. The molecule has 0 saturated heterocycles. The van der Waals surface area contributed by atoms with E-state index in [4.69, 9.17) is 0 Å². The Morgan fingerprint density at radius 1 is 1.35 bits per heavy atom. The molecule has 1 N–H and O–H groups in total. The van der Waals surface area contributed by atoms with Crippen LogP contribution in [0.1, 0.15) is 40.6 Å². The number of nitrogens with zero attached hydrogens (tertiary/aromatic N) is 4. The minimum absolute atomic E-state index is 0.113. The summed E-state index contributed by atoms with van der Waals surface area (Å²) in [5, 5.41) is 7.14. The van der Waals surface area contributed by atoms with Gasteiger partial charge in [-0.05, 0) is 31.4 Å². The van der Waals surface area contributed by atoms with Crippen LogP contribution in [0.2, 0.25) is 0 Å². The molecule has 3 aromatic rings. The summed E-state index contributed by atoms with van der Waals surface area (Å²) < 4.78 is 27.3. The zero-order valence-electron chi connectivity index (χ0n) is 14.5. The van der Waals surface area contributed by atoms with Gasteiger partial charge in [0.25, 0.3) is 5.91 Å². The predicted molar refractivity (Wildman–Crippen MR) is 94.7 cm³/mol. The van der Waals surface area contributed by atoms with Crippen molar-refractivity contribution >= 4 is 21.3 Å². The molecule has 26 heavy (non-hydrogen) atoms. The molecular weight excluding hydrogens is 354 g/mol. The zero-order chi connectivity index (χ0) is 18.5. The average Bonchev–Trinajstić information content (AvgIpc) is 3.17. The Balaban J connectivity index is 1.72. The van der Waals surface area contributed by atoms with Crippen LogP contribution in [0.25, 0.3) is 5.52 Å². The largest absolute Gasteiger partial charge is 0.344 e. The Bertz CT molecular complexity index is 1110. The van der Waals surface area contributed by atoms with Crippen LogP contribution in [0.4, 0.5) is 0 Å². The molecule has 1 atom stereocenters. The van der Waals surface area contributed by atoms with Crippen LogP contribution in [0.15, 0.2) is 35.7 Å². The monoisotopic (exact) mass is 373 g/mol. The lowest BCUT2D eigenvalue weighted by atomic mass is 9.93. The van der Waals surface area contributed by atoms with Gasteiger partial charge in [-0.25, -0.2) is 13.4 Å². The van der Waals surface area contributed by atoms with E-state index in [-0.39, 0.29) is 22.8 Å². The number of hydrogen-bond donors (Lipinski definition) is 1. The number of aromatic nitrogens is 4. The van der Waals surface area contributed by atoms with E-state index in [1.54, 1.807) is 30.6 Å². The number of carbonyl (C=O) groups excluding carboxylic acids is 1. The Hall–Kier alpha value is -2.68. The van der Waals surface area contributed by atoms with Gasteiger partial charge in [0.1, 0.15) is 0 Å². The van der Waals surface area contributed by atoms with Crippen LogP contribution in [0.3, 0.4) is 0 Å². The second-order valence-corrected chi connectivity index (χ2v) is 8.47. The van der Waals surface area contributed by atoms with Gasteiger partial charge in [-0.3, -0.25) is 13.9 Å². The minimum atomic E-state index is -3.56. The molecule has 1 aliphatic rings. The molecule has 9 heteroatoms. The van der Waals surface area contributed by atoms with Gasteiger partial charge < -0.3 is 5.32 Å². The Morgan fingerprint density at radius 2 is 2.15 bits per heavy atom. The van der Waals surface area contributed by atoms with Crippen molar-refractivity contribution in [1.82, 2.24) is 24.5 Å². The summed E-state index contributed by atoms with van der Waals surface area (Å²) >= 11 is 0. The molecule has 136 valence electrons. The third-order valence-corrected chi connectivity index (χ3v) is 5.70. The third kappa shape index (κ3) is 2.68. The first kappa shape index (κ1) is 16.8. The van der Waals surface area contributed by atoms with Crippen molar-refractivity contribution in [2.75, 3.05) is 6.26 Å². The molecule has 0 spiro atoms. The summed E-state index contributed by atoms with van der Waals surface area (Å²) in [5.41, 5.74) is 2.71. The number of aryl methyl sites for hydroxylation is 1. The molecule has 0 aromatic carbocycles. The lowest BCUT2D eigenvalue weighted by Crippen LogP contribution is -2.31. The molecule has 1 amide bonds. The number of imidazole rings is 1. The van der Waals surface area contributed by atoms with E-state index >= 15 is 0 Å². The van der Waals surface area contributed by atoms with Crippen molar-refractivity contribution in [2.24, 2.45) is 7.05 Å². The zero-order valence-corrected chi connectivity index (χ0v) is 15.3. The van der Waals surface area contributed by atoms with Gasteiger partial charge in [-0.2, -0.15) is 5.10 Å². The maximum absolute atomic E-state index is 12.9. The molecule has 1 unspecified atom stereocenters. The van der Waals surface area contributed by atoms with Crippen LogP contribution < -0.4 is 5.32 Å². The van der Waals surface area contributed by atoms with E-state index in [9.17, 15) is 13.2 Å². The normalized spacial score (nSPS) is 17.2. The fourth-order valence-electron chi connectivity index (χ4n) is 3.52. The highest BCUT2D eigenvalue weighted by Gasteiger charge is 2.28. The number of amides is 1. The van der Waals surface area contributed by atoms with Crippen LogP contribution >= 0.6 is 0 Å². The van der Waals surface area contributed by atoms with E-state index in [1.807, 2.05) is 11.7 Å². The van der Waals surface area contributed by atoms with E-state index in [2.05, 4.69) is 15.4 Å². The summed E-state index contributed by atoms with van der Waals surface area (Å²) in [6.07, 6.45) is 7.16. The fourth-order valence-corrected chi connectivity index (χ4v) is 4.29.